The number of nitrogens with zero attached hydrogens (tertiary/aromatic N) is 1. The van der Waals surface area contributed by atoms with Crippen molar-refractivity contribution in [2.45, 2.75) is 24.8 Å². The summed E-state index contributed by atoms with van der Waals surface area (Å²) in [7, 11) is -1.29. The van der Waals surface area contributed by atoms with Crippen LogP contribution in [0.3, 0.4) is 0 Å². The van der Waals surface area contributed by atoms with Crippen LogP contribution in [0.2, 0.25) is 0 Å². The highest BCUT2D eigenvalue weighted by atomic mass is 32.2. The largest absolute Gasteiger partial charge is 0.465 e. The summed E-state index contributed by atoms with van der Waals surface area (Å²) >= 11 is 0. The lowest BCUT2D eigenvalue weighted by Crippen LogP contribution is -2.36. The van der Waals surface area contributed by atoms with Gasteiger partial charge in [0.05, 0.1) is 30.2 Å². The third kappa shape index (κ3) is 3.60. The third-order valence-electron chi connectivity index (χ3n) is 5.59. The topological polar surface area (TPSA) is 106 Å². The molecular weight excluding hydrogens is 420 g/mol. The Kier molecular flexibility index (Phi) is 5.32. The Bertz CT molecular complexity index is 1310. The first-order chi connectivity index (χ1) is 14.8. The van der Waals surface area contributed by atoms with E-state index in [0.717, 1.165) is 22.2 Å². The van der Waals surface area contributed by atoms with Crippen LogP contribution in [0.25, 0.3) is 10.9 Å². The summed E-state index contributed by atoms with van der Waals surface area (Å²) in [5.41, 5.74) is 3.74. The minimum Gasteiger partial charge on any atom is -0.465 e. The molecule has 1 aliphatic rings. The van der Waals surface area contributed by atoms with Crippen LogP contribution in [0.5, 0.6) is 0 Å². The monoisotopic (exact) mass is 442 g/mol. The minimum absolute atomic E-state index is 0.0777. The molecule has 0 saturated heterocycles. The summed E-state index contributed by atoms with van der Waals surface area (Å²) in [5.74, 6) is -1.04. The molecule has 1 aromatic heterocycles. The second kappa shape index (κ2) is 7.82. The molecular formula is C22H22N2O6S. The Morgan fingerprint density at radius 3 is 2.32 bits per heavy atom. The Morgan fingerprint density at radius 1 is 1.00 bits per heavy atom. The fraction of sp³-hybridized carbons (Fsp3) is 0.273. The van der Waals surface area contributed by atoms with Crippen LogP contribution in [0.4, 0.5) is 0 Å². The molecule has 162 valence electrons. The smallest absolute Gasteiger partial charge is 0.337 e. The fourth-order valence-corrected chi connectivity index (χ4v) is 5.56. The normalized spacial score (nSPS) is 14.3. The van der Waals surface area contributed by atoms with Gasteiger partial charge in [-0.2, -0.15) is 4.31 Å². The van der Waals surface area contributed by atoms with Crippen LogP contribution in [-0.4, -0.2) is 50.4 Å². The van der Waals surface area contributed by atoms with Crippen LogP contribution in [0.15, 0.2) is 41.3 Å². The molecule has 0 atom stereocenters. The highest BCUT2D eigenvalue weighted by Gasteiger charge is 2.32. The number of ether oxygens (including phenoxy) is 2. The molecule has 0 aliphatic carbocycles. The summed E-state index contributed by atoms with van der Waals surface area (Å²) in [5, 5.41) is 0.790. The quantitative estimate of drug-likeness (QED) is 0.623. The average Bonchev–Trinajstić information content (AvgIpc) is 3.15. The summed E-state index contributed by atoms with van der Waals surface area (Å²) in [6.45, 7) is 2.15. The number of aromatic nitrogens is 1. The number of fused-ring (bicyclic) bond motifs is 3. The number of methoxy groups -OCH3 is 2. The van der Waals surface area contributed by atoms with E-state index in [4.69, 9.17) is 9.47 Å². The number of carbonyl (C=O) groups excluding carboxylic acids is 2. The van der Waals surface area contributed by atoms with Crippen LogP contribution in [0, 0.1) is 6.92 Å². The van der Waals surface area contributed by atoms with Gasteiger partial charge in [-0.25, -0.2) is 18.0 Å². The standard InChI is InChI=1S/C22H22N2O6S/c1-13-4-5-15(22(26)30-3)11-20(13)31(27,28)24-9-8-19-17(12-24)16-10-14(21(25)29-2)6-7-18(16)23-19/h4-7,10-11,23H,8-9,12H2,1-3H3. The zero-order valence-corrected chi connectivity index (χ0v) is 18.2. The number of hydrogen-bond acceptors (Lipinski definition) is 6. The van der Waals surface area contributed by atoms with E-state index in [0.29, 0.717) is 24.1 Å². The second-order valence-corrected chi connectivity index (χ2v) is 9.30. The number of carbonyl (C=O) groups is 2. The van der Waals surface area contributed by atoms with Gasteiger partial charge in [0, 0.05) is 36.1 Å². The Labute approximate surface area is 179 Å². The molecule has 0 spiro atoms. The van der Waals surface area contributed by atoms with Crippen molar-refractivity contribution in [1.82, 2.24) is 9.29 Å². The van der Waals surface area contributed by atoms with Crippen LogP contribution in [0.1, 0.15) is 37.5 Å². The van der Waals surface area contributed by atoms with Crippen LogP contribution in [-0.2, 0) is 32.5 Å². The van der Waals surface area contributed by atoms with Gasteiger partial charge in [0.2, 0.25) is 10.0 Å². The van der Waals surface area contributed by atoms with E-state index in [9.17, 15) is 18.0 Å². The summed E-state index contributed by atoms with van der Waals surface area (Å²) < 4.78 is 37.8. The number of rotatable bonds is 4. The Hall–Kier alpha value is -3.17. The Balaban J connectivity index is 1.74. The predicted molar refractivity (Wildman–Crippen MR) is 113 cm³/mol. The van der Waals surface area contributed by atoms with Gasteiger partial charge in [0.15, 0.2) is 0 Å². The predicted octanol–water partition coefficient (Wildman–Crippen LogP) is 2.80. The lowest BCUT2D eigenvalue weighted by molar-refractivity contribution is 0.0591. The highest BCUT2D eigenvalue weighted by molar-refractivity contribution is 7.89. The van der Waals surface area contributed by atoms with Gasteiger partial charge < -0.3 is 14.5 Å². The molecule has 3 aromatic rings. The number of aryl methyl sites for hydroxylation is 1. The molecule has 0 radical (unpaired) electrons. The van der Waals surface area contributed by atoms with E-state index in [1.165, 1.54) is 24.6 Å². The van der Waals surface area contributed by atoms with Crippen molar-refractivity contribution in [2.75, 3.05) is 20.8 Å². The first-order valence-corrected chi connectivity index (χ1v) is 11.1. The van der Waals surface area contributed by atoms with E-state index < -0.39 is 22.0 Å². The number of esters is 2. The molecule has 1 aliphatic heterocycles. The van der Waals surface area contributed by atoms with Crippen LogP contribution >= 0.6 is 0 Å². The number of hydrogen-bond donors (Lipinski definition) is 1. The lowest BCUT2D eigenvalue weighted by Gasteiger charge is -2.27. The number of benzene rings is 2. The molecule has 0 bridgehead atoms. The van der Waals surface area contributed by atoms with Gasteiger partial charge in [0.1, 0.15) is 0 Å². The maximum absolute atomic E-state index is 13.4. The number of H-pyrrole nitrogens is 1. The van der Waals surface area contributed by atoms with Crippen molar-refractivity contribution in [2.24, 2.45) is 0 Å². The molecule has 9 heteroatoms. The van der Waals surface area contributed by atoms with Gasteiger partial charge in [-0.3, -0.25) is 0 Å². The first-order valence-electron chi connectivity index (χ1n) is 9.67. The average molecular weight is 442 g/mol. The molecule has 4 rings (SSSR count). The van der Waals surface area contributed by atoms with Crippen LogP contribution < -0.4 is 0 Å². The molecule has 2 aromatic carbocycles. The molecule has 0 fully saturated rings. The summed E-state index contributed by atoms with van der Waals surface area (Å²) in [4.78, 5) is 27.2. The highest BCUT2D eigenvalue weighted by Crippen LogP contribution is 2.32. The first kappa shape index (κ1) is 21.1. The number of nitrogens with one attached hydrogen (secondary N) is 1. The van der Waals surface area contributed by atoms with E-state index in [2.05, 4.69) is 4.98 Å². The van der Waals surface area contributed by atoms with E-state index in [1.807, 2.05) is 0 Å². The van der Waals surface area contributed by atoms with Crippen molar-refractivity contribution in [3.8, 4) is 0 Å². The molecule has 0 unspecified atom stereocenters. The van der Waals surface area contributed by atoms with E-state index in [1.54, 1.807) is 37.3 Å². The van der Waals surface area contributed by atoms with Crippen molar-refractivity contribution < 1.29 is 27.5 Å². The lowest BCUT2D eigenvalue weighted by atomic mass is 10.0. The minimum atomic E-state index is -3.86. The zero-order chi connectivity index (χ0) is 22.3. The molecule has 2 heterocycles. The molecule has 1 N–H and O–H groups in total. The third-order valence-corrected chi connectivity index (χ3v) is 7.58. The number of sulfonamides is 1. The van der Waals surface area contributed by atoms with Crippen molar-refractivity contribution in [1.29, 1.82) is 0 Å². The van der Waals surface area contributed by atoms with E-state index >= 15 is 0 Å². The fourth-order valence-electron chi connectivity index (χ4n) is 3.90. The maximum Gasteiger partial charge on any atom is 0.337 e. The van der Waals surface area contributed by atoms with Crippen molar-refractivity contribution in [3.63, 3.8) is 0 Å². The SMILES string of the molecule is COC(=O)c1ccc(C)c(S(=O)(=O)N2CCc3[nH]c4ccc(C(=O)OC)cc4c3C2)c1. The molecule has 31 heavy (non-hydrogen) atoms. The van der Waals surface area contributed by atoms with Gasteiger partial charge in [-0.05, 0) is 48.4 Å². The maximum atomic E-state index is 13.4. The number of aromatic amines is 1. The molecule has 0 saturated carbocycles. The summed E-state index contributed by atoms with van der Waals surface area (Å²) in [6, 6.07) is 9.69. The van der Waals surface area contributed by atoms with Crippen molar-refractivity contribution >= 4 is 32.9 Å². The molecule has 8 nitrogen and oxygen atoms in total. The summed E-state index contributed by atoms with van der Waals surface area (Å²) in [6.07, 6.45) is 0.506. The van der Waals surface area contributed by atoms with Gasteiger partial charge in [-0.1, -0.05) is 6.07 Å². The van der Waals surface area contributed by atoms with Gasteiger partial charge >= 0.3 is 11.9 Å². The Morgan fingerprint density at radius 2 is 1.65 bits per heavy atom. The van der Waals surface area contributed by atoms with E-state index in [-0.39, 0.29) is 17.0 Å². The second-order valence-electron chi connectivity index (χ2n) is 7.39. The van der Waals surface area contributed by atoms with Crippen molar-refractivity contribution in [3.05, 3.63) is 64.3 Å². The van der Waals surface area contributed by atoms with Gasteiger partial charge in [-0.15, -0.1) is 0 Å². The molecule has 0 amide bonds. The van der Waals surface area contributed by atoms with Gasteiger partial charge in [0.25, 0.3) is 0 Å². The zero-order valence-electron chi connectivity index (χ0n) is 17.4.